The van der Waals surface area contributed by atoms with Gasteiger partial charge in [-0.1, -0.05) is 48.5 Å². The third-order valence-corrected chi connectivity index (χ3v) is 2.33. The molecule has 0 aliphatic rings. The van der Waals surface area contributed by atoms with Crippen LogP contribution in [0.5, 0.6) is 0 Å². The van der Waals surface area contributed by atoms with E-state index < -0.39 is 0 Å². The largest absolute Gasteiger partial charge is 0.329 e. The molecule has 2 aromatic carbocycles. The predicted octanol–water partition coefficient (Wildman–Crippen LogP) is 3.09. The van der Waals surface area contributed by atoms with Gasteiger partial charge in [-0.3, -0.25) is 4.79 Å². The Morgan fingerprint density at radius 1 is 0.882 bits per heavy atom. The highest BCUT2D eigenvalue weighted by molar-refractivity contribution is 5.95. The first-order valence-electron chi connectivity index (χ1n) is 5.44. The van der Waals surface area contributed by atoms with E-state index in [0.29, 0.717) is 5.56 Å². The van der Waals surface area contributed by atoms with Gasteiger partial charge < -0.3 is 5.32 Å². The monoisotopic (exact) mass is 223 g/mol. The first-order valence-corrected chi connectivity index (χ1v) is 5.44. The molecule has 1 amide bonds. The Morgan fingerprint density at radius 2 is 1.47 bits per heavy atom. The Kier molecular flexibility index (Phi) is 3.71. The number of amides is 1. The van der Waals surface area contributed by atoms with E-state index >= 15 is 0 Å². The number of carbonyl (C=O) groups is 1. The molecule has 0 radical (unpaired) electrons. The van der Waals surface area contributed by atoms with Crippen LogP contribution in [-0.4, -0.2) is 5.91 Å². The quantitative estimate of drug-likeness (QED) is 0.851. The third-order valence-electron chi connectivity index (χ3n) is 2.33. The second-order valence-corrected chi connectivity index (χ2v) is 3.58. The highest BCUT2D eigenvalue weighted by atomic mass is 16.1. The van der Waals surface area contributed by atoms with E-state index in [9.17, 15) is 4.79 Å². The van der Waals surface area contributed by atoms with E-state index in [1.165, 1.54) is 0 Å². The van der Waals surface area contributed by atoms with Gasteiger partial charge in [-0.15, -0.1) is 0 Å². The second kappa shape index (κ2) is 5.66. The van der Waals surface area contributed by atoms with Crippen molar-refractivity contribution >= 4 is 12.0 Å². The molecular formula is C15H13NO. The van der Waals surface area contributed by atoms with E-state index in [1.54, 1.807) is 18.3 Å². The molecule has 0 aliphatic heterocycles. The Morgan fingerprint density at radius 3 is 2.12 bits per heavy atom. The van der Waals surface area contributed by atoms with E-state index in [0.717, 1.165) is 5.56 Å². The van der Waals surface area contributed by atoms with E-state index in [2.05, 4.69) is 5.32 Å². The molecular weight excluding hydrogens is 210 g/mol. The molecule has 0 saturated carbocycles. The maximum absolute atomic E-state index is 11.7. The Hall–Kier alpha value is -2.35. The molecule has 2 aromatic rings. The minimum atomic E-state index is -0.0993. The lowest BCUT2D eigenvalue weighted by Crippen LogP contribution is -2.16. The third kappa shape index (κ3) is 3.31. The summed E-state index contributed by atoms with van der Waals surface area (Å²) in [7, 11) is 0. The number of carbonyl (C=O) groups excluding carboxylic acids is 1. The van der Waals surface area contributed by atoms with Crippen molar-refractivity contribution in [2.75, 3.05) is 0 Å². The van der Waals surface area contributed by atoms with Gasteiger partial charge in [0.2, 0.25) is 0 Å². The molecule has 0 aliphatic carbocycles. The summed E-state index contributed by atoms with van der Waals surface area (Å²) in [6.07, 6.45) is 3.52. The van der Waals surface area contributed by atoms with Gasteiger partial charge in [0.25, 0.3) is 5.91 Å². The Balaban J connectivity index is 1.95. The Bertz CT molecular complexity index is 503. The Labute approximate surface area is 101 Å². The topological polar surface area (TPSA) is 29.1 Å². The molecule has 2 nitrogen and oxygen atoms in total. The number of rotatable bonds is 3. The summed E-state index contributed by atoms with van der Waals surface area (Å²) in [5.41, 5.74) is 1.71. The molecule has 2 rings (SSSR count). The number of nitrogens with one attached hydrogen (secondary N) is 1. The van der Waals surface area contributed by atoms with Gasteiger partial charge in [0.1, 0.15) is 0 Å². The first kappa shape index (κ1) is 11.1. The smallest absolute Gasteiger partial charge is 0.255 e. The minimum Gasteiger partial charge on any atom is -0.329 e. The lowest BCUT2D eigenvalue weighted by molar-refractivity contribution is 0.0970. The van der Waals surface area contributed by atoms with E-state index in [-0.39, 0.29) is 5.91 Å². The number of hydrogen-bond donors (Lipinski definition) is 1. The molecule has 0 spiro atoms. The van der Waals surface area contributed by atoms with Crippen molar-refractivity contribution in [2.45, 2.75) is 0 Å². The van der Waals surface area contributed by atoms with Crippen molar-refractivity contribution in [3.63, 3.8) is 0 Å². The summed E-state index contributed by atoms with van der Waals surface area (Å²) in [4.78, 5) is 11.7. The SMILES string of the molecule is O=C(N/C=C\c1ccccc1)c1ccccc1. The molecule has 84 valence electrons. The average Bonchev–Trinajstić information content (AvgIpc) is 2.41. The summed E-state index contributed by atoms with van der Waals surface area (Å²) in [5, 5.41) is 2.73. The van der Waals surface area contributed by atoms with Crippen LogP contribution in [0.25, 0.3) is 6.08 Å². The summed E-state index contributed by atoms with van der Waals surface area (Å²) in [6.45, 7) is 0. The zero-order chi connectivity index (χ0) is 11.9. The fourth-order valence-electron chi connectivity index (χ4n) is 1.45. The molecule has 0 heterocycles. The van der Waals surface area contributed by atoms with Crippen LogP contribution in [-0.2, 0) is 0 Å². The standard InChI is InChI=1S/C15H13NO/c17-15(14-9-5-2-6-10-14)16-12-11-13-7-3-1-4-8-13/h1-12H,(H,16,17)/b12-11-. The first-order chi connectivity index (χ1) is 8.36. The van der Waals surface area contributed by atoms with Gasteiger partial charge in [-0.05, 0) is 23.8 Å². The zero-order valence-electron chi connectivity index (χ0n) is 9.34. The summed E-state index contributed by atoms with van der Waals surface area (Å²) < 4.78 is 0. The second-order valence-electron chi connectivity index (χ2n) is 3.58. The van der Waals surface area contributed by atoms with Gasteiger partial charge in [-0.25, -0.2) is 0 Å². The van der Waals surface area contributed by atoms with Crippen molar-refractivity contribution in [1.29, 1.82) is 0 Å². The van der Waals surface area contributed by atoms with Gasteiger partial charge in [-0.2, -0.15) is 0 Å². The maximum atomic E-state index is 11.7. The van der Waals surface area contributed by atoms with Crippen LogP contribution in [0.15, 0.2) is 66.9 Å². The molecule has 0 bridgehead atoms. The molecule has 0 atom stereocenters. The van der Waals surface area contributed by atoms with Crippen molar-refractivity contribution in [3.05, 3.63) is 78.0 Å². The van der Waals surface area contributed by atoms with Crippen molar-refractivity contribution in [1.82, 2.24) is 5.32 Å². The number of hydrogen-bond acceptors (Lipinski definition) is 1. The van der Waals surface area contributed by atoms with Crippen molar-refractivity contribution in [3.8, 4) is 0 Å². The average molecular weight is 223 g/mol. The van der Waals surface area contributed by atoms with Gasteiger partial charge >= 0.3 is 0 Å². The van der Waals surface area contributed by atoms with Crippen LogP contribution in [0.4, 0.5) is 0 Å². The van der Waals surface area contributed by atoms with Crippen LogP contribution in [0.3, 0.4) is 0 Å². The number of benzene rings is 2. The van der Waals surface area contributed by atoms with Gasteiger partial charge in [0, 0.05) is 11.8 Å². The summed E-state index contributed by atoms with van der Waals surface area (Å²) >= 11 is 0. The van der Waals surface area contributed by atoms with Crippen LogP contribution >= 0.6 is 0 Å². The van der Waals surface area contributed by atoms with Crippen LogP contribution < -0.4 is 5.32 Å². The highest BCUT2D eigenvalue weighted by Crippen LogP contribution is 2.01. The van der Waals surface area contributed by atoms with Crippen LogP contribution in [0.2, 0.25) is 0 Å². The van der Waals surface area contributed by atoms with E-state index in [1.807, 2.05) is 54.6 Å². The predicted molar refractivity (Wildman–Crippen MR) is 69.4 cm³/mol. The summed E-state index contributed by atoms with van der Waals surface area (Å²) in [6, 6.07) is 19.0. The zero-order valence-corrected chi connectivity index (χ0v) is 9.34. The maximum Gasteiger partial charge on any atom is 0.255 e. The molecule has 0 unspecified atom stereocenters. The lowest BCUT2D eigenvalue weighted by Gasteiger charge is -1.99. The molecule has 17 heavy (non-hydrogen) atoms. The molecule has 0 saturated heterocycles. The molecule has 0 aromatic heterocycles. The highest BCUT2D eigenvalue weighted by Gasteiger charge is 2.00. The molecule has 1 N–H and O–H groups in total. The fourth-order valence-corrected chi connectivity index (χ4v) is 1.45. The van der Waals surface area contributed by atoms with Crippen molar-refractivity contribution < 1.29 is 4.79 Å². The normalized spacial score (nSPS) is 10.4. The van der Waals surface area contributed by atoms with Crippen LogP contribution in [0.1, 0.15) is 15.9 Å². The summed E-state index contributed by atoms with van der Waals surface area (Å²) in [5.74, 6) is -0.0993. The van der Waals surface area contributed by atoms with Gasteiger partial charge in [0.15, 0.2) is 0 Å². The van der Waals surface area contributed by atoms with Crippen LogP contribution in [0, 0.1) is 0 Å². The molecule has 2 heteroatoms. The molecule has 0 fully saturated rings. The van der Waals surface area contributed by atoms with Gasteiger partial charge in [0.05, 0.1) is 0 Å². The lowest BCUT2D eigenvalue weighted by atomic mass is 10.2. The van der Waals surface area contributed by atoms with Crippen molar-refractivity contribution in [2.24, 2.45) is 0 Å². The van der Waals surface area contributed by atoms with E-state index in [4.69, 9.17) is 0 Å². The fraction of sp³-hybridized carbons (Fsp3) is 0. The minimum absolute atomic E-state index is 0.0993.